The Morgan fingerprint density at radius 3 is 2.52 bits per heavy atom. The number of nitriles is 1. The quantitative estimate of drug-likeness (QED) is 0.820. The molecule has 0 saturated heterocycles. The maximum absolute atomic E-state index is 11.8. The molecule has 5 nitrogen and oxygen atoms in total. The van der Waals surface area contributed by atoms with Crippen LogP contribution in [-0.2, 0) is 16.6 Å². The first-order valence-corrected chi connectivity index (χ1v) is 8.98. The fraction of sp³-hybridized carbons (Fsp3) is 0.421. The minimum Gasteiger partial charge on any atom is -0.480 e. The van der Waals surface area contributed by atoms with Crippen molar-refractivity contribution in [3.63, 3.8) is 0 Å². The van der Waals surface area contributed by atoms with E-state index in [4.69, 9.17) is 0 Å². The first-order chi connectivity index (χ1) is 11.8. The molecule has 25 heavy (non-hydrogen) atoms. The highest BCUT2D eigenvalue weighted by molar-refractivity contribution is 7.09. The molecule has 132 valence electrons. The summed E-state index contributed by atoms with van der Waals surface area (Å²) in [7, 11) is 1.82. The molecule has 0 bridgehead atoms. The smallest absolute Gasteiger partial charge is 0.325 e. The Bertz CT molecular complexity index is 775. The summed E-state index contributed by atoms with van der Waals surface area (Å²) in [6.45, 7) is 6.29. The maximum Gasteiger partial charge on any atom is 0.325 e. The molecule has 2 rings (SSSR count). The molecule has 0 aliphatic rings. The number of thiazole rings is 1. The summed E-state index contributed by atoms with van der Waals surface area (Å²) < 4.78 is 0. The van der Waals surface area contributed by atoms with Crippen molar-refractivity contribution in [2.75, 3.05) is 13.6 Å². The standard InChI is InChI=1S/C19H23N3O2S/c1-13-16(25-12-21-13)9-10-22(4)17(18(23)24)14-5-7-15(8-6-14)19(2,3)11-20/h5-8,12,17H,9-10H2,1-4H3,(H,23,24)/t17-/m0/s1. The molecule has 6 heteroatoms. The number of aliphatic carboxylic acids is 1. The molecule has 0 saturated carbocycles. The summed E-state index contributed by atoms with van der Waals surface area (Å²) in [4.78, 5) is 19.1. The minimum absolute atomic E-state index is 0.590. The Balaban J connectivity index is 2.16. The number of benzene rings is 1. The number of hydrogen-bond acceptors (Lipinski definition) is 5. The predicted octanol–water partition coefficient (Wildman–Crippen LogP) is 3.55. The molecular weight excluding hydrogens is 334 g/mol. The van der Waals surface area contributed by atoms with Gasteiger partial charge in [0.2, 0.25) is 0 Å². The van der Waals surface area contributed by atoms with Crippen LogP contribution in [0.3, 0.4) is 0 Å². The summed E-state index contributed by atoms with van der Waals surface area (Å²) in [5.41, 5.74) is 3.83. The summed E-state index contributed by atoms with van der Waals surface area (Å²) in [5, 5.41) is 18.9. The molecule has 1 N–H and O–H groups in total. The molecule has 0 fully saturated rings. The van der Waals surface area contributed by atoms with Gasteiger partial charge in [-0.3, -0.25) is 9.69 Å². The third-order valence-electron chi connectivity index (χ3n) is 4.44. The van der Waals surface area contributed by atoms with Gasteiger partial charge in [-0.1, -0.05) is 24.3 Å². The second kappa shape index (κ2) is 7.77. The number of carboxylic acid groups (broad SMARTS) is 1. The van der Waals surface area contributed by atoms with Crippen molar-refractivity contribution in [1.29, 1.82) is 5.26 Å². The fourth-order valence-electron chi connectivity index (χ4n) is 2.71. The zero-order valence-electron chi connectivity index (χ0n) is 15.0. The van der Waals surface area contributed by atoms with E-state index in [1.807, 2.05) is 62.5 Å². The number of hydrogen-bond donors (Lipinski definition) is 1. The second-order valence-electron chi connectivity index (χ2n) is 6.69. The van der Waals surface area contributed by atoms with Crippen LogP contribution in [0.2, 0.25) is 0 Å². The molecule has 0 aliphatic carbocycles. The molecule has 0 amide bonds. The number of aryl methyl sites for hydroxylation is 1. The summed E-state index contributed by atoms with van der Waals surface area (Å²) in [6.07, 6.45) is 0.774. The summed E-state index contributed by atoms with van der Waals surface area (Å²) >= 11 is 1.60. The van der Waals surface area contributed by atoms with Crippen LogP contribution < -0.4 is 0 Å². The van der Waals surface area contributed by atoms with Gasteiger partial charge in [0, 0.05) is 11.4 Å². The number of rotatable bonds is 7. The van der Waals surface area contributed by atoms with Gasteiger partial charge in [-0.25, -0.2) is 4.98 Å². The van der Waals surface area contributed by atoms with Crippen molar-refractivity contribution in [2.24, 2.45) is 0 Å². The molecular formula is C19H23N3O2S. The van der Waals surface area contributed by atoms with Gasteiger partial charge in [-0.05, 0) is 45.4 Å². The van der Waals surface area contributed by atoms with Crippen LogP contribution in [0.1, 0.15) is 41.6 Å². The van der Waals surface area contributed by atoms with Gasteiger partial charge < -0.3 is 5.11 Å². The van der Waals surface area contributed by atoms with E-state index in [0.717, 1.165) is 17.7 Å². The lowest BCUT2D eigenvalue weighted by Crippen LogP contribution is -2.32. The molecule has 0 spiro atoms. The first kappa shape index (κ1) is 19.1. The highest BCUT2D eigenvalue weighted by atomic mass is 32.1. The van der Waals surface area contributed by atoms with E-state index in [1.165, 1.54) is 4.88 Å². The normalized spacial score (nSPS) is 12.8. The lowest BCUT2D eigenvalue weighted by molar-refractivity contribution is -0.143. The monoisotopic (exact) mass is 357 g/mol. The van der Waals surface area contributed by atoms with Crippen LogP contribution in [0.15, 0.2) is 29.8 Å². The van der Waals surface area contributed by atoms with E-state index in [2.05, 4.69) is 11.1 Å². The summed E-state index contributed by atoms with van der Waals surface area (Å²) in [5.74, 6) is -0.879. The van der Waals surface area contributed by atoms with Gasteiger partial charge in [-0.15, -0.1) is 11.3 Å². The number of nitrogens with zero attached hydrogens (tertiary/aromatic N) is 3. The summed E-state index contributed by atoms with van der Waals surface area (Å²) in [6, 6.07) is 8.85. The molecule has 1 heterocycles. The topological polar surface area (TPSA) is 77.2 Å². The molecule has 0 unspecified atom stereocenters. The zero-order chi connectivity index (χ0) is 18.6. The Morgan fingerprint density at radius 2 is 2.04 bits per heavy atom. The van der Waals surface area contributed by atoms with Gasteiger partial charge in [0.25, 0.3) is 0 Å². The average Bonchev–Trinajstić information content (AvgIpc) is 2.98. The van der Waals surface area contributed by atoms with Gasteiger partial charge in [0.1, 0.15) is 6.04 Å². The van der Waals surface area contributed by atoms with Crippen molar-refractivity contribution in [3.8, 4) is 6.07 Å². The van der Waals surface area contributed by atoms with Crippen molar-refractivity contribution in [1.82, 2.24) is 9.88 Å². The van der Waals surface area contributed by atoms with Crippen LogP contribution in [0, 0.1) is 18.3 Å². The van der Waals surface area contributed by atoms with E-state index in [0.29, 0.717) is 12.1 Å². The number of aromatic nitrogens is 1. The predicted molar refractivity (Wildman–Crippen MR) is 98.6 cm³/mol. The largest absolute Gasteiger partial charge is 0.480 e. The molecule has 0 aliphatic heterocycles. The number of carbonyl (C=O) groups is 1. The lowest BCUT2D eigenvalue weighted by Gasteiger charge is -2.25. The van der Waals surface area contributed by atoms with Crippen molar-refractivity contribution < 1.29 is 9.90 Å². The van der Waals surface area contributed by atoms with E-state index in [-0.39, 0.29) is 0 Å². The Kier molecular flexibility index (Phi) is 5.93. The van der Waals surface area contributed by atoms with Gasteiger partial charge >= 0.3 is 5.97 Å². The number of carboxylic acids is 1. The Hall–Kier alpha value is -2.23. The second-order valence-corrected chi connectivity index (χ2v) is 7.63. The third kappa shape index (κ3) is 4.44. The molecule has 1 aromatic heterocycles. The van der Waals surface area contributed by atoms with Gasteiger partial charge in [0.05, 0.1) is 22.7 Å². The Labute approximate surface area is 152 Å². The van der Waals surface area contributed by atoms with E-state index < -0.39 is 17.4 Å². The minimum atomic E-state index is -0.879. The average molecular weight is 357 g/mol. The fourth-order valence-corrected chi connectivity index (χ4v) is 3.48. The lowest BCUT2D eigenvalue weighted by atomic mass is 9.85. The van der Waals surface area contributed by atoms with Crippen LogP contribution in [0.5, 0.6) is 0 Å². The third-order valence-corrected chi connectivity index (χ3v) is 5.43. The molecule has 1 aromatic carbocycles. The van der Waals surface area contributed by atoms with Crippen LogP contribution in [-0.4, -0.2) is 34.6 Å². The Morgan fingerprint density at radius 1 is 1.40 bits per heavy atom. The van der Waals surface area contributed by atoms with Gasteiger partial charge in [-0.2, -0.15) is 5.26 Å². The molecule has 1 atom stereocenters. The van der Waals surface area contributed by atoms with E-state index in [9.17, 15) is 15.2 Å². The van der Waals surface area contributed by atoms with Crippen molar-refractivity contribution in [2.45, 2.75) is 38.6 Å². The SMILES string of the molecule is Cc1ncsc1CCN(C)[C@H](C(=O)O)c1ccc(C(C)(C)C#N)cc1. The van der Waals surface area contributed by atoms with E-state index >= 15 is 0 Å². The zero-order valence-corrected chi connectivity index (χ0v) is 15.8. The maximum atomic E-state index is 11.8. The van der Waals surface area contributed by atoms with Gasteiger partial charge in [0.15, 0.2) is 0 Å². The van der Waals surface area contributed by atoms with Crippen LogP contribution >= 0.6 is 11.3 Å². The van der Waals surface area contributed by atoms with Crippen molar-refractivity contribution >= 4 is 17.3 Å². The van der Waals surface area contributed by atoms with Crippen LogP contribution in [0.4, 0.5) is 0 Å². The first-order valence-electron chi connectivity index (χ1n) is 8.10. The van der Waals surface area contributed by atoms with Crippen LogP contribution in [0.25, 0.3) is 0 Å². The highest BCUT2D eigenvalue weighted by Gasteiger charge is 2.26. The molecule has 2 aromatic rings. The number of likely N-dealkylation sites (N-methyl/N-ethyl adjacent to an activating group) is 1. The highest BCUT2D eigenvalue weighted by Crippen LogP contribution is 2.26. The van der Waals surface area contributed by atoms with E-state index in [1.54, 1.807) is 11.3 Å². The van der Waals surface area contributed by atoms with Crippen molar-refractivity contribution in [3.05, 3.63) is 51.5 Å². The molecule has 0 radical (unpaired) electrons.